The van der Waals surface area contributed by atoms with Gasteiger partial charge in [-0.15, -0.1) is 0 Å². The molecule has 36 heavy (non-hydrogen) atoms. The van der Waals surface area contributed by atoms with Crippen molar-refractivity contribution in [1.82, 2.24) is 29.4 Å². The number of halogens is 4. The van der Waals surface area contributed by atoms with Gasteiger partial charge in [0, 0.05) is 24.3 Å². The normalized spacial score (nSPS) is 18.9. The van der Waals surface area contributed by atoms with Gasteiger partial charge in [-0.05, 0) is 51.0 Å². The summed E-state index contributed by atoms with van der Waals surface area (Å²) in [5, 5.41) is 6.95. The van der Waals surface area contributed by atoms with Gasteiger partial charge in [-0.2, -0.15) is 22.6 Å². The SMILES string of the molecule is Cc1nn(-c2cnc(C(F)(F)F)nc2)cc1CNC(=O)[C@@H]1CC[C@H](C)N1S(=O)(=O)c1ccc(F)cc1. The molecule has 0 bridgehead atoms. The van der Waals surface area contributed by atoms with E-state index < -0.39 is 45.8 Å². The molecule has 2 atom stereocenters. The number of benzene rings is 1. The van der Waals surface area contributed by atoms with Crippen molar-refractivity contribution in [2.45, 2.75) is 56.4 Å². The highest BCUT2D eigenvalue weighted by Gasteiger charge is 2.43. The van der Waals surface area contributed by atoms with Crippen LogP contribution >= 0.6 is 0 Å². The molecule has 1 aliphatic rings. The molecular formula is C22H22F4N6O3S. The van der Waals surface area contributed by atoms with Crippen LogP contribution < -0.4 is 5.32 Å². The minimum Gasteiger partial charge on any atom is -0.351 e. The number of sulfonamides is 1. The van der Waals surface area contributed by atoms with E-state index in [1.807, 2.05) is 0 Å². The number of nitrogens with zero attached hydrogens (tertiary/aromatic N) is 5. The van der Waals surface area contributed by atoms with Gasteiger partial charge in [-0.3, -0.25) is 4.79 Å². The minimum absolute atomic E-state index is 0.0154. The van der Waals surface area contributed by atoms with Crippen LogP contribution in [0.25, 0.3) is 5.69 Å². The molecule has 2 aromatic heterocycles. The smallest absolute Gasteiger partial charge is 0.351 e. The van der Waals surface area contributed by atoms with Crippen molar-refractivity contribution in [3.05, 3.63) is 65.8 Å². The zero-order valence-corrected chi connectivity index (χ0v) is 20.0. The lowest BCUT2D eigenvalue weighted by Gasteiger charge is -2.27. The Morgan fingerprint density at radius 3 is 2.39 bits per heavy atom. The molecule has 4 rings (SSSR count). The third kappa shape index (κ3) is 5.09. The number of hydrogen-bond donors (Lipinski definition) is 1. The number of carbonyl (C=O) groups excluding carboxylic acids is 1. The first-order chi connectivity index (χ1) is 16.9. The Bertz CT molecular complexity index is 1360. The lowest BCUT2D eigenvalue weighted by molar-refractivity contribution is -0.145. The second kappa shape index (κ2) is 9.58. The summed E-state index contributed by atoms with van der Waals surface area (Å²) in [5.74, 6) is -2.35. The van der Waals surface area contributed by atoms with E-state index in [0.29, 0.717) is 24.1 Å². The standard InChI is InChI=1S/C22H22F4N6O3S/c1-13-3-8-19(32(13)36(34,35)18-6-4-16(23)5-7-18)20(33)27-9-15-12-31(30-14(15)2)17-10-28-21(29-11-17)22(24,25)26/h4-7,10-13,19H,3,8-9H2,1-2H3,(H,27,33)/t13-,19-/m0/s1. The summed E-state index contributed by atoms with van der Waals surface area (Å²) in [6.07, 6.45) is -0.376. The van der Waals surface area contributed by atoms with Crippen LogP contribution in [0.5, 0.6) is 0 Å². The highest BCUT2D eigenvalue weighted by atomic mass is 32.2. The molecule has 3 aromatic rings. The van der Waals surface area contributed by atoms with Gasteiger partial charge in [0.25, 0.3) is 0 Å². The topological polar surface area (TPSA) is 110 Å². The predicted molar refractivity (Wildman–Crippen MR) is 119 cm³/mol. The number of aryl methyl sites for hydroxylation is 1. The predicted octanol–water partition coefficient (Wildman–Crippen LogP) is 2.99. The van der Waals surface area contributed by atoms with Crippen LogP contribution in [-0.2, 0) is 27.5 Å². The zero-order valence-electron chi connectivity index (χ0n) is 19.2. The highest BCUT2D eigenvalue weighted by Crippen LogP contribution is 2.31. The fourth-order valence-corrected chi connectivity index (χ4v) is 5.87. The van der Waals surface area contributed by atoms with E-state index in [4.69, 9.17) is 0 Å². The molecule has 0 saturated carbocycles. The Balaban J connectivity index is 1.47. The first-order valence-electron chi connectivity index (χ1n) is 10.9. The van der Waals surface area contributed by atoms with Crippen LogP contribution in [0, 0.1) is 12.7 Å². The van der Waals surface area contributed by atoms with Gasteiger partial charge in [0.2, 0.25) is 21.8 Å². The van der Waals surface area contributed by atoms with E-state index in [1.165, 1.54) is 10.9 Å². The average molecular weight is 527 g/mol. The summed E-state index contributed by atoms with van der Waals surface area (Å²) in [6, 6.07) is 3.03. The third-order valence-corrected chi connectivity index (χ3v) is 7.94. The molecular weight excluding hydrogens is 504 g/mol. The number of alkyl halides is 3. The summed E-state index contributed by atoms with van der Waals surface area (Å²) in [7, 11) is -4.04. The van der Waals surface area contributed by atoms with Gasteiger partial charge in [0.1, 0.15) is 17.5 Å². The molecule has 1 N–H and O–H groups in total. The van der Waals surface area contributed by atoms with Gasteiger partial charge in [-0.1, -0.05) is 0 Å². The van der Waals surface area contributed by atoms with Gasteiger partial charge in [0.15, 0.2) is 0 Å². The van der Waals surface area contributed by atoms with Crippen LogP contribution in [0.3, 0.4) is 0 Å². The van der Waals surface area contributed by atoms with E-state index in [1.54, 1.807) is 13.8 Å². The van der Waals surface area contributed by atoms with Crippen molar-refractivity contribution in [2.24, 2.45) is 0 Å². The van der Waals surface area contributed by atoms with Crippen molar-refractivity contribution < 1.29 is 30.8 Å². The molecule has 1 saturated heterocycles. The summed E-state index contributed by atoms with van der Waals surface area (Å²) >= 11 is 0. The highest BCUT2D eigenvalue weighted by molar-refractivity contribution is 7.89. The van der Waals surface area contributed by atoms with Crippen molar-refractivity contribution in [3.63, 3.8) is 0 Å². The Morgan fingerprint density at radius 1 is 1.14 bits per heavy atom. The molecule has 0 aliphatic carbocycles. The lowest BCUT2D eigenvalue weighted by Crippen LogP contribution is -2.48. The van der Waals surface area contributed by atoms with Gasteiger partial charge >= 0.3 is 6.18 Å². The fraction of sp³-hybridized carbons (Fsp3) is 0.364. The molecule has 3 heterocycles. The molecule has 192 valence electrons. The molecule has 9 nitrogen and oxygen atoms in total. The average Bonchev–Trinajstić information content (AvgIpc) is 3.40. The maximum atomic E-state index is 13.3. The summed E-state index contributed by atoms with van der Waals surface area (Å²) in [6.45, 7) is 3.38. The first kappa shape index (κ1) is 25.7. The second-order valence-corrected chi connectivity index (χ2v) is 10.2. The van der Waals surface area contributed by atoms with Crippen LogP contribution in [0.4, 0.5) is 17.6 Å². The van der Waals surface area contributed by atoms with Crippen LogP contribution in [0.1, 0.15) is 36.8 Å². The maximum Gasteiger partial charge on any atom is 0.451 e. The van der Waals surface area contributed by atoms with Crippen molar-refractivity contribution in [2.75, 3.05) is 0 Å². The number of carbonyl (C=O) groups is 1. The van der Waals surface area contributed by atoms with E-state index in [-0.39, 0.29) is 17.1 Å². The Hall–Kier alpha value is -3.39. The van der Waals surface area contributed by atoms with Crippen molar-refractivity contribution in [1.29, 1.82) is 0 Å². The quantitative estimate of drug-likeness (QED) is 0.495. The molecule has 1 aliphatic heterocycles. The first-order valence-corrected chi connectivity index (χ1v) is 12.3. The van der Waals surface area contributed by atoms with E-state index in [0.717, 1.165) is 41.0 Å². The number of rotatable bonds is 6. The number of aromatic nitrogens is 4. The Kier molecular flexibility index (Phi) is 6.84. The summed E-state index contributed by atoms with van der Waals surface area (Å²) < 4.78 is 80.1. The molecule has 0 radical (unpaired) electrons. The van der Waals surface area contributed by atoms with Crippen LogP contribution in [-0.4, -0.2) is 50.5 Å². The van der Waals surface area contributed by atoms with Crippen LogP contribution in [0.2, 0.25) is 0 Å². The van der Waals surface area contributed by atoms with Gasteiger partial charge in [0.05, 0.1) is 23.0 Å². The number of nitrogens with one attached hydrogen (secondary N) is 1. The number of amides is 1. The summed E-state index contributed by atoms with van der Waals surface area (Å²) in [5.41, 5.74) is 1.28. The second-order valence-electron chi connectivity index (χ2n) is 8.40. The van der Waals surface area contributed by atoms with Gasteiger partial charge < -0.3 is 5.32 Å². The zero-order chi connectivity index (χ0) is 26.3. The Morgan fingerprint density at radius 2 is 1.78 bits per heavy atom. The molecule has 1 aromatic carbocycles. The number of hydrogen-bond acceptors (Lipinski definition) is 6. The minimum atomic E-state index is -4.66. The van der Waals surface area contributed by atoms with E-state index in [2.05, 4.69) is 20.4 Å². The Labute approximate surface area is 204 Å². The van der Waals surface area contributed by atoms with E-state index in [9.17, 15) is 30.8 Å². The largest absolute Gasteiger partial charge is 0.451 e. The molecule has 1 fully saturated rings. The van der Waals surface area contributed by atoms with Crippen LogP contribution in [0.15, 0.2) is 47.8 Å². The molecule has 0 spiro atoms. The molecule has 1 amide bonds. The van der Waals surface area contributed by atoms with Crippen molar-refractivity contribution >= 4 is 15.9 Å². The maximum absolute atomic E-state index is 13.3. The molecule has 14 heteroatoms. The summed E-state index contributed by atoms with van der Waals surface area (Å²) in [4.78, 5) is 19.5. The monoisotopic (exact) mass is 526 g/mol. The molecule has 0 unspecified atom stereocenters. The fourth-order valence-electron chi connectivity index (χ4n) is 4.03. The van der Waals surface area contributed by atoms with Gasteiger partial charge in [-0.25, -0.2) is 27.5 Å². The van der Waals surface area contributed by atoms with E-state index >= 15 is 0 Å². The third-order valence-electron chi connectivity index (χ3n) is 5.90. The van der Waals surface area contributed by atoms with Crippen molar-refractivity contribution in [3.8, 4) is 5.69 Å². The lowest BCUT2D eigenvalue weighted by atomic mass is 10.2.